The lowest BCUT2D eigenvalue weighted by Crippen LogP contribution is -2.14. The fourth-order valence-electron chi connectivity index (χ4n) is 3.64. The lowest BCUT2D eigenvalue weighted by molar-refractivity contribution is -0.139. The van der Waals surface area contributed by atoms with Crippen LogP contribution in [0.4, 0.5) is 22.0 Å². The Kier molecular flexibility index (Phi) is 7.59. The Bertz CT molecular complexity index is 1130. The van der Waals surface area contributed by atoms with Gasteiger partial charge in [-0.2, -0.15) is 13.2 Å². The van der Waals surface area contributed by atoms with Crippen LogP contribution in [0.15, 0.2) is 60.7 Å². The summed E-state index contributed by atoms with van der Waals surface area (Å²) in [7, 11) is 0. The molecule has 0 aliphatic rings. The Morgan fingerprint density at radius 3 is 2.06 bits per heavy atom. The molecule has 0 saturated heterocycles. The van der Waals surface area contributed by atoms with E-state index in [-0.39, 0.29) is 23.8 Å². The summed E-state index contributed by atoms with van der Waals surface area (Å²) in [6, 6.07) is 12.1. The van der Waals surface area contributed by atoms with Gasteiger partial charge in [-0.15, -0.1) is 0 Å². The van der Waals surface area contributed by atoms with Crippen LogP contribution in [0.1, 0.15) is 42.9 Å². The summed E-state index contributed by atoms with van der Waals surface area (Å²) in [4.78, 5) is 12.0. The zero-order valence-electron chi connectivity index (χ0n) is 18.5. The Balaban J connectivity index is 2.01. The van der Waals surface area contributed by atoms with E-state index < -0.39 is 35.3 Å². The highest BCUT2D eigenvalue weighted by molar-refractivity contribution is 5.78. The van der Waals surface area contributed by atoms with Gasteiger partial charge in [0.1, 0.15) is 24.0 Å². The maximum absolute atomic E-state index is 13.5. The molecule has 0 amide bonds. The number of carboxylic acids is 1. The van der Waals surface area contributed by atoms with Gasteiger partial charge in [0.05, 0.1) is 11.5 Å². The molecule has 1 N–H and O–H groups in total. The number of benzene rings is 3. The Morgan fingerprint density at radius 2 is 1.53 bits per heavy atom. The molecule has 0 aliphatic heterocycles. The van der Waals surface area contributed by atoms with Crippen molar-refractivity contribution in [3.05, 3.63) is 89.0 Å². The maximum Gasteiger partial charge on any atom is 0.416 e. The largest absolute Gasteiger partial charge is 0.489 e. The van der Waals surface area contributed by atoms with Crippen molar-refractivity contribution in [2.24, 2.45) is 5.92 Å². The molecule has 1 atom stereocenters. The van der Waals surface area contributed by atoms with Crippen LogP contribution in [-0.4, -0.2) is 11.1 Å². The third-order valence-electron chi connectivity index (χ3n) is 5.21. The SMILES string of the molecule is CC(C)CC(C(=O)O)c1cc(OCc2cc(F)cc(F)c2)cc(-c2ccc(C(F)(F)F)cc2)c1. The first-order valence-corrected chi connectivity index (χ1v) is 10.6. The molecule has 0 fully saturated rings. The quantitative estimate of drug-likeness (QED) is 0.342. The van der Waals surface area contributed by atoms with Gasteiger partial charge in [0, 0.05) is 6.07 Å². The number of hydrogen-bond donors (Lipinski definition) is 1. The molecular weight excluding hydrogens is 455 g/mol. The van der Waals surface area contributed by atoms with Crippen LogP contribution in [0.2, 0.25) is 0 Å². The summed E-state index contributed by atoms with van der Waals surface area (Å²) in [6.45, 7) is 3.57. The minimum absolute atomic E-state index is 0.0652. The molecule has 0 radical (unpaired) electrons. The molecular formula is C26H23F5O3. The summed E-state index contributed by atoms with van der Waals surface area (Å²) in [5.41, 5.74) is 0.738. The van der Waals surface area contributed by atoms with Crippen LogP contribution in [-0.2, 0) is 17.6 Å². The summed E-state index contributed by atoms with van der Waals surface area (Å²) in [6.07, 6.45) is -4.15. The van der Waals surface area contributed by atoms with Gasteiger partial charge in [-0.1, -0.05) is 32.0 Å². The van der Waals surface area contributed by atoms with E-state index in [1.165, 1.54) is 18.2 Å². The highest BCUT2D eigenvalue weighted by Crippen LogP contribution is 2.35. The van der Waals surface area contributed by atoms with E-state index >= 15 is 0 Å². The molecule has 8 heteroatoms. The van der Waals surface area contributed by atoms with Gasteiger partial charge in [-0.25, -0.2) is 8.78 Å². The van der Waals surface area contributed by atoms with Crippen LogP contribution >= 0.6 is 0 Å². The van der Waals surface area contributed by atoms with E-state index in [2.05, 4.69) is 0 Å². The van der Waals surface area contributed by atoms with Crippen LogP contribution < -0.4 is 4.74 Å². The number of ether oxygens (including phenoxy) is 1. The molecule has 0 heterocycles. The highest BCUT2D eigenvalue weighted by atomic mass is 19.4. The van der Waals surface area contributed by atoms with Gasteiger partial charge >= 0.3 is 12.1 Å². The number of alkyl halides is 3. The van der Waals surface area contributed by atoms with Crippen molar-refractivity contribution in [2.45, 2.75) is 39.0 Å². The summed E-state index contributed by atoms with van der Waals surface area (Å²) < 4.78 is 71.5. The standard InChI is InChI=1S/C26H23F5O3/c1-15(2)7-24(25(32)33)19-10-18(17-3-5-20(6-4-17)26(29,30)31)11-23(12-19)34-14-16-8-21(27)13-22(28)9-16/h3-6,8-13,15,24H,7,14H2,1-2H3,(H,32,33). The second-order valence-electron chi connectivity index (χ2n) is 8.45. The van der Waals surface area contributed by atoms with Gasteiger partial charge in [-0.05, 0) is 71.0 Å². The van der Waals surface area contributed by atoms with Crippen LogP contribution in [0, 0.1) is 17.6 Å². The lowest BCUT2D eigenvalue weighted by Gasteiger charge is -2.18. The predicted octanol–water partition coefficient (Wildman–Crippen LogP) is 7.44. The molecule has 180 valence electrons. The number of hydrogen-bond acceptors (Lipinski definition) is 2. The van der Waals surface area contributed by atoms with E-state index in [0.717, 1.165) is 30.3 Å². The normalized spacial score (nSPS) is 12.6. The fourth-order valence-corrected chi connectivity index (χ4v) is 3.64. The van der Waals surface area contributed by atoms with Crippen molar-refractivity contribution in [3.8, 4) is 16.9 Å². The Labute approximate surface area is 193 Å². The van der Waals surface area contributed by atoms with E-state index in [1.54, 1.807) is 12.1 Å². The molecule has 0 saturated carbocycles. The number of halogens is 5. The molecule has 3 nitrogen and oxygen atoms in total. The van der Waals surface area contributed by atoms with Crippen molar-refractivity contribution in [2.75, 3.05) is 0 Å². The topological polar surface area (TPSA) is 46.5 Å². The third kappa shape index (κ3) is 6.56. The zero-order valence-corrected chi connectivity index (χ0v) is 18.5. The molecule has 0 aliphatic carbocycles. The monoisotopic (exact) mass is 478 g/mol. The Morgan fingerprint density at radius 1 is 0.912 bits per heavy atom. The van der Waals surface area contributed by atoms with Gasteiger partial charge < -0.3 is 9.84 Å². The molecule has 0 bridgehead atoms. The van der Waals surface area contributed by atoms with Crippen molar-refractivity contribution < 1.29 is 36.6 Å². The second-order valence-corrected chi connectivity index (χ2v) is 8.45. The summed E-state index contributed by atoms with van der Waals surface area (Å²) in [5.74, 6) is -3.15. The molecule has 1 unspecified atom stereocenters. The predicted molar refractivity (Wildman–Crippen MR) is 117 cm³/mol. The average Bonchev–Trinajstić information content (AvgIpc) is 2.74. The molecule has 3 aromatic carbocycles. The van der Waals surface area contributed by atoms with Gasteiger partial charge in [0.25, 0.3) is 0 Å². The van der Waals surface area contributed by atoms with Crippen LogP contribution in [0.5, 0.6) is 5.75 Å². The van der Waals surface area contributed by atoms with Gasteiger partial charge in [-0.3, -0.25) is 4.79 Å². The first-order chi connectivity index (χ1) is 15.9. The summed E-state index contributed by atoms with van der Waals surface area (Å²) in [5, 5.41) is 9.77. The second kappa shape index (κ2) is 10.2. The molecule has 3 aromatic rings. The fraction of sp³-hybridized carbons (Fsp3) is 0.269. The minimum Gasteiger partial charge on any atom is -0.489 e. The van der Waals surface area contributed by atoms with Crippen molar-refractivity contribution in [3.63, 3.8) is 0 Å². The molecule has 0 aromatic heterocycles. The van der Waals surface area contributed by atoms with Crippen molar-refractivity contribution >= 4 is 5.97 Å². The van der Waals surface area contributed by atoms with Crippen molar-refractivity contribution in [1.82, 2.24) is 0 Å². The first-order valence-electron chi connectivity index (χ1n) is 10.6. The molecule has 34 heavy (non-hydrogen) atoms. The number of rotatable bonds is 8. The van der Waals surface area contributed by atoms with Crippen LogP contribution in [0.25, 0.3) is 11.1 Å². The minimum atomic E-state index is -4.49. The van der Waals surface area contributed by atoms with Crippen molar-refractivity contribution in [1.29, 1.82) is 0 Å². The Hall–Kier alpha value is -3.42. The number of carboxylic acid groups (broad SMARTS) is 1. The van der Waals surface area contributed by atoms with E-state index in [1.807, 2.05) is 13.8 Å². The smallest absolute Gasteiger partial charge is 0.416 e. The molecule has 0 spiro atoms. The first kappa shape index (κ1) is 25.2. The zero-order chi connectivity index (χ0) is 25.0. The van der Waals surface area contributed by atoms with E-state index in [0.29, 0.717) is 23.1 Å². The van der Waals surface area contributed by atoms with Gasteiger partial charge in [0.15, 0.2) is 0 Å². The average molecular weight is 478 g/mol. The number of aliphatic carboxylic acids is 1. The van der Waals surface area contributed by atoms with E-state index in [4.69, 9.17) is 4.74 Å². The highest BCUT2D eigenvalue weighted by Gasteiger charge is 2.30. The summed E-state index contributed by atoms with van der Waals surface area (Å²) >= 11 is 0. The third-order valence-corrected chi connectivity index (χ3v) is 5.21. The van der Waals surface area contributed by atoms with E-state index in [9.17, 15) is 31.9 Å². The number of carbonyl (C=O) groups is 1. The lowest BCUT2D eigenvalue weighted by atomic mass is 9.88. The van der Waals surface area contributed by atoms with Crippen LogP contribution in [0.3, 0.4) is 0 Å². The maximum atomic E-state index is 13.5. The molecule has 3 rings (SSSR count). The van der Waals surface area contributed by atoms with Gasteiger partial charge in [0.2, 0.25) is 0 Å².